The summed E-state index contributed by atoms with van der Waals surface area (Å²) in [6.07, 6.45) is 2.33. The third-order valence-electron chi connectivity index (χ3n) is 6.42. The number of hydrogen-bond acceptors (Lipinski definition) is 5. The van der Waals surface area contributed by atoms with Gasteiger partial charge in [0.15, 0.2) is 0 Å². The van der Waals surface area contributed by atoms with Gasteiger partial charge in [0.05, 0.1) is 13.2 Å². The van der Waals surface area contributed by atoms with Crippen LogP contribution in [-0.2, 0) is 6.42 Å². The number of halogens is 1. The molecule has 3 aromatic carbocycles. The number of aromatic amines is 1. The second-order valence-corrected chi connectivity index (χ2v) is 9.13. The van der Waals surface area contributed by atoms with Gasteiger partial charge in [-0.05, 0) is 60.0 Å². The molecule has 0 bridgehead atoms. The number of nitrogens with one attached hydrogen (secondary N) is 1. The van der Waals surface area contributed by atoms with E-state index in [1.807, 2.05) is 53.4 Å². The second-order valence-electron chi connectivity index (χ2n) is 8.69. The maximum Gasteiger partial charge on any atom is 0.273 e. The molecule has 0 aliphatic carbocycles. The molecule has 1 aliphatic rings. The fourth-order valence-electron chi connectivity index (χ4n) is 4.65. The van der Waals surface area contributed by atoms with Crippen molar-refractivity contribution in [1.29, 1.82) is 0 Å². The lowest BCUT2D eigenvalue weighted by atomic mass is 9.95. The average Bonchev–Trinajstić information content (AvgIpc) is 3.46. The smallest absolute Gasteiger partial charge is 0.273 e. The molecule has 5 rings (SSSR count). The number of H-pyrrole nitrogens is 1. The molecule has 2 heterocycles. The van der Waals surface area contributed by atoms with Crippen LogP contribution in [0.2, 0.25) is 5.02 Å². The Labute approximate surface area is 219 Å². The van der Waals surface area contributed by atoms with Crippen LogP contribution in [0.5, 0.6) is 17.2 Å². The van der Waals surface area contributed by atoms with Crippen LogP contribution in [0.3, 0.4) is 0 Å². The highest BCUT2D eigenvalue weighted by atomic mass is 35.5. The zero-order valence-corrected chi connectivity index (χ0v) is 21.0. The van der Waals surface area contributed by atoms with E-state index in [0.29, 0.717) is 52.9 Å². The number of amides is 1. The van der Waals surface area contributed by atoms with Crippen molar-refractivity contribution in [2.45, 2.75) is 12.5 Å². The molecule has 0 saturated heterocycles. The molecule has 0 radical (unpaired) electrons. The number of aromatic nitrogens is 2. The highest BCUT2D eigenvalue weighted by Gasteiger charge is 2.42. The minimum Gasteiger partial charge on any atom is -0.507 e. The van der Waals surface area contributed by atoms with E-state index < -0.39 is 6.04 Å². The van der Waals surface area contributed by atoms with Crippen LogP contribution in [0, 0.1) is 0 Å². The summed E-state index contributed by atoms with van der Waals surface area (Å²) in [5.41, 5.74) is 3.98. The summed E-state index contributed by atoms with van der Waals surface area (Å²) < 4.78 is 11.0. The van der Waals surface area contributed by atoms with Crippen molar-refractivity contribution in [3.8, 4) is 28.5 Å². The summed E-state index contributed by atoms with van der Waals surface area (Å²) in [6, 6.07) is 19.8. The molecular weight excluding hydrogens is 490 g/mol. The summed E-state index contributed by atoms with van der Waals surface area (Å²) >= 11 is 6.24. The number of ether oxygens (including phenoxy) is 2. The predicted octanol–water partition coefficient (Wildman–Crippen LogP) is 5.80. The first-order valence-corrected chi connectivity index (χ1v) is 12.2. The summed E-state index contributed by atoms with van der Waals surface area (Å²) in [5.74, 6) is 1.32. The second kappa shape index (κ2) is 10.4. The van der Waals surface area contributed by atoms with Crippen molar-refractivity contribution >= 4 is 17.5 Å². The lowest BCUT2D eigenvalue weighted by Gasteiger charge is -2.27. The van der Waals surface area contributed by atoms with Crippen molar-refractivity contribution < 1.29 is 19.4 Å². The standard InChI is InChI=1S/C29H26ClN3O4/c1-3-15-37-22-6-4-5-19(16-22)28-25-26(23-17-20(30)9-12-24(23)34)31-32-27(25)29(35)33(28)14-13-18-7-10-21(36-2)11-8-18/h3-12,16-17,28,34H,1,13-15H2,2H3,(H,31,32). The zero-order valence-electron chi connectivity index (χ0n) is 20.3. The number of fused-ring (bicyclic) bond motifs is 1. The first-order valence-electron chi connectivity index (χ1n) is 11.8. The van der Waals surface area contributed by atoms with Crippen molar-refractivity contribution in [1.82, 2.24) is 15.1 Å². The van der Waals surface area contributed by atoms with Gasteiger partial charge in [-0.2, -0.15) is 5.10 Å². The highest BCUT2D eigenvalue weighted by molar-refractivity contribution is 6.31. The normalized spacial score (nSPS) is 14.5. The Morgan fingerprint density at radius 2 is 1.95 bits per heavy atom. The van der Waals surface area contributed by atoms with Crippen LogP contribution in [0.25, 0.3) is 11.3 Å². The fourth-order valence-corrected chi connectivity index (χ4v) is 4.82. The molecule has 2 N–H and O–H groups in total. The number of benzene rings is 3. The third kappa shape index (κ3) is 4.78. The molecule has 0 fully saturated rings. The van der Waals surface area contributed by atoms with E-state index in [0.717, 1.165) is 16.9 Å². The summed E-state index contributed by atoms with van der Waals surface area (Å²) in [5, 5.41) is 18.4. The lowest BCUT2D eigenvalue weighted by Crippen LogP contribution is -2.31. The molecule has 37 heavy (non-hydrogen) atoms. The SMILES string of the molecule is C=CCOc1cccc(C2c3c(-c4cc(Cl)ccc4O)n[nH]c3C(=O)N2CCc2ccc(OC)cc2)c1. The highest BCUT2D eigenvalue weighted by Crippen LogP contribution is 2.45. The lowest BCUT2D eigenvalue weighted by molar-refractivity contribution is 0.0745. The van der Waals surface area contributed by atoms with Gasteiger partial charge in [-0.3, -0.25) is 9.89 Å². The first kappa shape index (κ1) is 24.5. The van der Waals surface area contributed by atoms with Crippen LogP contribution in [0.15, 0.2) is 79.4 Å². The van der Waals surface area contributed by atoms with Gasteiger partial charge in [0.1, 0.15) is 35.2 Å². The minimum atomic E-state index is -0.444. The number of rotatable bonds is 9. The van der Waals surface area contributed by atoms with E-state index in [9.17, 15) is 9.90 Å². The molecule has 188 valence electrons. The Balaban J connectivity index is 1.57. The maximum atomic E-state index is 13.7. The van der Waals surface area contributed by atoms with Gasteiger partial charge in [-0.1, -0.05) is 48.5 Å². The van der Waals surface area contributed by atoms with E-state index in [1.165, 1.54) is 6.07 Å². The van der Waals surface area contributed by atoms with Gasteiger partial charge < -0.3 is 19.5 Å². The van der Waals surface area contributed by atoms with Crippen molar-refractivity contribution in [2.24, 2.45) is 0 Å². The van der Waals surface area contributed by atoms with Crippen molar-refractivity contribution in [2.75, 3.05) is 20.3 Å². The Morgan fingerprint density at radius 3 is 2.70 bits per heavy atom. The molecule has 4 aromatic rings. The summed E-state index contributed by atoms with van der Waals surface area (Å²) in [4.78, 5) is 15.5. The zero-order chi connectivity index (χ0) is 25.9. The molecule has 8 heteroatoms. The van der Waals surface area contributed by atoms with Crippen molar-refractivity contribution in [3.63, 3.8) is 0 Å². The van der Waals surface area contributed by atoms with Gasteiger partial charge in [0.25, 0.3) is 5.91 Å². The van der Waals surface area contributed by atoms with E-state index >= 15 is 0 Å². The summed E-state index contributed by atoms with van der Waals surface area (Å²) in [7, 11) is 1.63. The quantitative estimate of drug-likeness (QED) is 0.275. The van der Waals surface area contributed by atoms with Crippen LogP contribution in [0.4, 0.5) is 0 Å². The molecule has 1 atom stereocenters. The Hall–Kier alpha value is -4.23. The Kier molecular flexibility index (Phi) is 6.88. The fraction of sp³-hybridized carbons (Fsp3) is 0.172. The molecule has 1 aromatic heterocycles. The Morgan fingerprint density at radius 1 is 1.14 bits per heavy atom. The largest absolute Gasteiger partial charge is 0.507 e. The molecule has 1 amide bonds. The van der Waals surface area contributed by atoms with Crippen LogP contribution >= 0.6 is 11.6 Å². The van der Waals surface area contributed by atoms with E-state index in [1.54, 1.807) is 25.3 Å². The molecule has 1 unspecified atom stereocenters. The van der Waals surface area contributed by atoms with Crippen LogP contribution < -0.4 is 9.47 Å². The van der Waals surface area contributed by atoms with Gasteiger partial charge >= 0.3 is 0 Å². The van der Waals surface area contributed by atoms with Crippen molar-refractivity contribution in [3.05, 3.63) is 107 Å². The maximum absolute atomic E-state index is 13.7. The third-order valence-corrected chi connectivity index (χ3v) is 6.65. The molecule has 1 aliphatic heterocycles. The van der Waals surface area contributed by atoms with E-state index in [2.05, 4.69) is 16.8 Å². The topological polar surface area (TPSA) is 87.7 Å². The van der Waals surface area contributed by atoms with Gasteiger partial charge in [-0.25, -0.2) is 0 Å². The summed E-state index contributed by atoms with van der Waals surface area (Å²) in [6.45, 7) is 4.55. The van der Waals surface area contributed by atoms with E-state index in [-0.39, 0.29) is 11.7 Å². The number of methoxy groups -OCH3 is 1. The number of hydrogen-bond donors (Lipinski definition) is 2. The molecule has 0 saturated carbocycles. The van der Waals surface area contributed by atoms with Gasteiger partial charge in [0, 0.05) is 22.7 Å². The monoisotopic (exact) mass is 515 g/mol. The first-order chi connectivity index (χ1) is 18.0. The number of nitrogens with zero attached hydrogens (tertiary/aromatic N) is 2. The molecule has 0 spiro atoms. The van der Waals surface area contributed by atoms with Gasteiger partial charge in [0.2, 0.25) is 0 Å². The van der Waals surface area contributed by atoms with E-state index in [4.69, 9.17) is 21.1 Å². The molecular formula is C29H26ClN3O4. The average molecular weight is 516 g/mol. The predicted molar refractivity (Wildman–Crippen MR) is 142 cm³/mol. The Bertz CT molecular complexity index is 1450. The van der Waals surface area contributed by atoms with Crippen LogP contribution in [-0.4, -0.2) is 46.4 Å². The number of carbonyl (C=O) groups is 1. The van der Waals surface area contributed by atoms with Gasteiger partial charge in [-0.15, -0.1) is 0 Å². The molecule has 7 nitrogen and oxygen atoms in total. The van der Waals surface area contributed by atoms with Crippen LogP contribution in [0.1, 0.15) is 33.2 Å². The number of phenols is 1. The number of phenolic OH excluding ortho intramolecular Hbond substituents is 1. The minimum absolute atomic E-state index is 0.0321. The number of aromatic hydroxyl groups is 1. The number of carbonyl (C=O) groups excluding carboxylic acids is 1.